The second-order valence-electron chi connectivity index (χ2n) is 11.2. The van der Waals surface area contributed by atoms with Gasteiger partial charge in [0.2, 0.25) is 0 Å². The highest BCUT2D eigenvalue weighted by molar-refractivity contribution is 5.96. The summed E-state index contributed by atoms with van der Waals surface area (Å²) in [6.45, 7) is 16.1. The Morgan fingerprint density at radius 1 is 0.868 bits per heavy atom. The number of hydrogen-bond donors (Lipinski definition) is 5. The number of pyridine rings is 1. The molecule has 0 atom stereocenters. The second-order valence-corrected chi connectivity index (χ2v) is 11.2. The number of rotatable bonds is 11. The van der Waals surface area contributed by atoms with Crippen LogP contribution in [0.2, 0.25) is 0 Å². The van der Waals surface area contributed by atoms with Gasteiger partial charge in [0.1, 0.15) is 12.0 Å². The van der Waals surface area contributed by atoms with Crippen LogP contribution < -0.4 is 22.1 Å². The fourth-order valence-electron chi connectivity index (χ4n) is 3.52. The predicted molar refractivity (Wildman–Crippen MR) is 219 cm³/mol. The Morgan fingerprint density at radius 2 is 1.47 bits per heavy atom. The fourth-order valence-corrected chi connectivity index (χ4v) is 3.52. The van der Waals surface area contributed by atoms with E-state index in [1.165, 1.54) is 0 Å². The van der Waals surface area contributed by atoms with Crippen molar-refractivity contribution in [1.82, 2.24) is 15.8 Å². The number of allylic oxidation sites excluding steroid dienone is 5. The van der Waals surface area contributed by atoms with E-state index in [1.807, 2.05) is 112 Å². The molecule has 3 aromatic carbocycles. The van der Waals surface area contributed by atoms with E-state index in [-0.39, 0.29) is 17.3 Å². The van der Waals surface area contributed by atoms with Crippen molar-refractivity contribution in [3.8, 4) is 0 Å². The van der Waals surface area contributed by atoms with Crippen molar-refractivity contribution in [2.45, 2.75) is 54.5 Å². The molecule has 12 nitrogen and oxygen atoms in total. The van der Waals surface area contributed by atoms with Crippen molar-refractivity contribution < 1.29 is 25.1 Å². The molecule has 0 bridgehead atoms. The maximum absolute atomic E-state index is 12.2. The topological polar surface area (TPSA) is 203 Å². The molecule has 1 aromatic heterocycles. The van der Waals surface area contributed by atoms with Crippen LogP contribution in [-0.4, -0.2) is 46.2 Å². The normalized spacial score (nSPS) is 10.2. The molecule has 0 fully saturated rings. The molecule has 0 aliphatic rings. The molecule has 2 amide bonds. The summed E-state index contributed by atoms with van der Waals surface area (Å²) in [7, 11) is 0. The zero-order valence-corrected chi connectivity index (χ0v) is 31.5. The molecule has 0 aliphatic carbocycles. The first-order chi connectivity index (χ1) is 25.2. The molecule has 4 aromatic rings. The number of amides is 2. The fraction of sp³-hybridized carbons (Fsp3) is 0.220. The highest BCUT2D eigenvalue weighted by atomic mass is 16.4. The maximum Gasteiger partial charge on any atom is 0.289 e. The first-order valence-electron chi connectivity index (χ1n) is 16.6. The number of nitrogens with one attached hydrogen (secondary N) is 3. The second kappa shape index (κ2) is 31.9. The number of hydrogen-bond acceptors (Lipinski definition) is 9. The number of carbonyl (C=O) groups is 3. The van der Waals surface area contributed by atoms with Crippen molar-refractivity contribution in [1.29, 1.82) is 0 Å². The van der Waals surface area contributed by atoms with E-state index in [0.29, 0.717) is 24.2 Å². The van der Waals surface area contributed by atoms with Gasteiger partial charge in [0.15, 0.2) is 0 Å². The van der Waals surface area contributed by atoms with Gasteiger partial charge in [-0.15, -0.1) is 6.58 Å². The van der Waals surface area contributed by atoms with Crippen LogP contribution in [0.25, 0.3) is 10.9 Å². The first kappa shape index (κ1) is 49.0. The summed E-state index contributed by atoms with van der Waals surface area (Å²) in [4.78, 5) is 37.6. The third-order valence-corrected chi connectivity index (χ3v) is 6.02. The average Bonchev–Trinajstić information content (AvgIpc) is 3.17. The van der Waals surface area contributed by atoms with Gasteiger partial charge in [-0.25, -0.2) is 21.7 Å². The number of anilines is 1. The van der Waals surface area contributed by atoms with Crippen LogP contribution in [0.1, 0.15) is 74.4 Å². The largest absolute Gasteiger partial charge is 0.412 e. The molecular weight excluding hydrogens is 670 g/mol. The quantitative estimate of drug-likeness (QED) is 0.0457. The molecule has 12 heteroatoms. The minimum atomic E-state index is -0.314. The van der Waals surface area contributed by atoms with Crippen molar-refractivity contribution >= 4 is 47.1 Å². The lowest BCUT2D eigenvalue weighted by Crippen LogP contribution is -2.20. The molecule has 0 saturated carbocycles. The number of nitrogens with two attached hydrogens (primary N) is 1. The summed E-state index contributed by atoms with van der Waals surface area (Å²) in [6.07, 6.45) is 11.5. The van der Waals surface area contributed by atoms with Gasteiger partial charge >= 0.3 is 0 Å². The molecule has 53 heavy (non-hydrogen) atoms. The van der Waals surface area contributed by atoms with Gasteiger partial charge in [-0.1, -0.05) is 99.7 Å². The van der Waals surface area contributed by atoms with E-state index >= 15 is 0 Å². The van der Waals surface area contributed by atoms with E-state index in [2.05, 4.69) is 64.6 Å². The third-order valence-electron chi connectivity index (χ3n) is 6.02. The lowest BCUT2D eigenvalue weighted by molar-refractivity contribution is -0.107. The van der Waals surface area contributed by atoms with E-state index in [9.17, 15) is 14.4 Å². The molecule has 0 spiro atoms. The Bertz CT molecular complexity index is 1730. The summed E-state index contributed by atoms with van der Waals surface area (Å²) in [5.41, 5.74) is 9.66. The number of aromatic nitrogens is 1. The Balaban J connectivity index is 0. The van der Waals surface area contributed by atoms with Crippen LogP contribution in [-0.2, 0) is 11.3 Å². The standard InChI is InChI=1S/C18H19N3O.C15H15N3O.C4H6O.C4H10.H3NO.H2O/c1-2-3-13-20-21-18(22)17-12-8-7-9-15(17)14-19-16-10-5-4-6-11-16;1-3-11(2)10-16-18-15(19)14-9-8-12-6-4-5-7-13(12)17-14;1-2-3-4-5;1-4(2)3;1-2;/h2-13,19H,14H2,1H3,(H,21,22);3-10H,1-2H3,(H,18,19);2,4H,1,3H2;4H,1-3H3;2H,1H2;1H2/b3-2+,20-13+;11-3+,16-10+;;;;. The molecule has 0 radical (unpaired) electrons. The van der Waals surface area contributed by atoms with Crippen molar-refractivity contribution in [3.05, 3.63) is 144 Å². The highest BCUT2D eigenvalue weighted by Crippen LogP contribution is 2.13. The van der Waals surface area contributed by atoms with E-state index in [4.69, 9.17) is 5.21 Å². The Hall–Kier alpha value is -6.08. The SMILES string of the molecule is C/C=C(C)/C=N/NC(=O)c1ccc2ccccc2n1.C/C=C/C=N/NC(=O)c1ccccc1CNc1ccccc1.C=CCC=O.CC(C)C.NO.O. The van der Waals surface area contributed by atoms with Gasteiger partial charge in [0.05, 0.1) is 5.52 Å². The van der Waals surface area contributed by atoms with Gasteiger partial charge in [0.25, 0.3) is 11.8 Å². The first-order valence-corrected chi connectivity index (χ1v) is 16.6. The van der Waals surface area contributed by atoms with E-state index < -0.39 is 0 Å². The van der Waals surface area contributed by atoms with Crippen LogP contribution in [0.3, 0.4) is 0 Å². The number of nitrogens with zero attached hydrogens (tertiary/aromatic N) is 3. The summed E-state index contributed by atoms with van der Waals surface area (Å²) in [6, 6.07) is 28.6. The molecule has 284 valence electrons. The van der Waals surface area contributed by atoms with E-state index in [1.54, 1.807) is 36.7 Å². The highest BCUT2D eigenvalue weighted by Gasteiger charge is 2.10. The molecule has 1 heterocycles. The third kappa shape index (κ3) is 23.1. The monoisotopic (exact) mass is 725 g/mol. The van der Waals surface area contributed by atoms with Gasteiger partial charge in [-0.05, 0) is 74.2 Å². The van der Waals surface area contributed by atoms with Gasteiger partial charge in [-0.2, -0.15) is 10.2 Å². The number of benzene rings is 3. The van der Waals surface area contributed by atoms with Crippen molar-refractivity contribution in [3.63, 3.8) is 0 Å². The summed E-state index contributed by atoms with van der Waals surface area (Å²) in [5, 5.41) is 18.5. The Labute approximate surface area is 313 Å². The minimum Gasteiger partial charge on any atom is -0.412 e. The summed E-state index contributed by atoms with van der Waals surface area (Å²) in [5.74, 6) is 3.80. The Kier molecular flexibility index (Phi) is 29.5. The summed E-state index contributed by atoms with van der Waals surface area (Å²) < 4.78 is 0. The lowest BCUT2D eigenvalue weighted by atomic mass is 10.1. The number of hydrazone groups is 2. The number of fused-ring (bicyclic) bond motifs is 1. The van der Waals surface area contributed by atoms with Crippen LogP contribution in [0.4, 0.5) is 5.69 Å². The van der Waals surface area contributed by atoms with E-state index in [0.717, 1.165) is 39.9 Å². The smallest absolute Gasteiger partial charge is 0.289 e. The minimum absolute atomic E-state index is 0. The number of aldehydes is 1. The van der Waals surface area contributed by atoms with Crippen LogP contribution in [0.5, 0.6) is 0 Å². The molecule has 0 unspecified atom stereocenters. The van der Waals surface area contributed by atoms with Crippen LogP contribution >= 0.6 is 0 Å². The van der Waals surface area contributed by atoms with Gasteiger partial charge < -0.3 is 20.8 Å². The molecule has 8 N–H and O–H groups in total. The molecule has 0 aliphatic heterocycles. The van der Waals surface area contributed by atoms with Gasteiger partial charge in [0, 0.05) is 42.0 Å². The summed E-state index contributed by atoms with van der Waals surface area (Å²) >= 11 is 0. The predicted octanol–water partition coefficient (Wildman–Crippen LogP) is 7.44. The maximum atomic E-state index is 12.2. The molecule has 4 rings (SSSR count). The number of carbonyl (C=O) groups excluding carboxylic acids is 3. The van der Waals surface area contributed by atoms with Crippen LogP contribution in [0.15, 0.2) is 138 Å². The Morgan fingerprint density at radius 3 is 2.08 bits per heavy atom. The molecule has 0 saturated heterocycles. The lowest BCUT2D eigenvalue weighted by Gasteiger charge is -2.10. The van der Waals surface area contributed by atoms with Crippen molar-refractivity contribution in [2.75, 3.05) is 5.32 Å². The van der Waals surface area contributed by atoms with Crippen molar-refractivity contribution in [2.24, 2.45) is 22.0 Å². The zero-order valence-electron chi connectivity index (χ0n) is 31.5. The van der Waals surface area contributed by atoms with Gasteiger partial charge in [-0.3, -0.25) is 9.59 Å². The number of para-hydroxylation sites is 2. The molecular formula is C41H55N7O5. The average molecular weight is 726 g/mol. The van der Waals surface area contributed by atoms with Crippen LogP contribution in [0, 0.1) is 5.92 Å². The zero-order chi connectivity index (χ0) is 39.0.